The third-order valence-corrected chi connectivity index (χ3v) is 3.70. The SMILES string of the molecule is O=C(c1cn2cc(-c3ncn[nH]3)ccc2n1)N1CC=CCC1. The van der Waals surface area contributed by atoms with Gasteiger partial charge in [-0.1, -0.05) is 12.2 Å². The van der Waals surface area contributed by atoms with Gasteiger partial charge in [-0.25, -0.2) is 9.97 Å². The van der Waals surface area contributed by atoms with Crippen LogP contribution in [-0.4, -0.2) is 48.5 Å². The number of pyridine rings is 1. The summed E-state index contributed by atoms with van der Waals surface area (Å²) in [6.07, 6.45) is 10.1. The van der Waals surface area contributed by atoms with E-state index in [0.717, 1.165) is 24.2 Å². The van der Waals surface area contributed by atoms with Crippen LogP contribution in [0.5, 0.6) is 0 Å². The van der Waals surface area contributed by atoms with Crippen molar-refractivity contribution in [1.82, 2.24) is 29.5 Å². The van der Waals surface area contributed by atoms with Crippen molar-refractivity contribution in [2.45, 2.75) is 6.42 Å². The van der Waals surface area contributed by atoms with Crippen molar-refractivity contribution in [3.63, 3.8) is 0 Å². The lowest BCUT2D eigenvalue weighted by molar-refractivity contribution is 0.0766. The first kappa shape index (κ1) is 12.8. The Labute approximate surface area is 126 Å². The van der Waals surface area contributed by atoms with Crippen molar-refractivity contribution >= 4 is 11.6 Å². The summed E-state index contributed by atoms with van der Waals surface area (Å²) in [7, 11) is 0. The van der Waals surface area contributed by atoms with Gasteiger partial charge in [0.05, 0.1) is 0 Å². The molecule has 0 bridgehead atoms. The smallest absolute Gasteiger partial charge is 0.274 e. The highest BCUT2D eigenvalue weighted by molar-refractivity contribution is 5.93. The van der Waals surface area contributed by atoms with E-state index in [0.29, 0.717) is 18.1 Å². The summed E-state index contributed by atoms with van der Waals surface area (Å²) in [6, 6.07) is 3.77. The summed E-state index contributed by atoms with van der Waals surface area (Å²) in [6.45, 7) is 1.39. The molecule has 0 radical (unpaired) electrons. The average Bonchev–Trinajstić information content (AvgIpc) is 3.23. The number of aromatic amines is 1. The monoisotopic (exact) mass is 294 g/mol. The molecule has 4 heterocycles. The average molecular weight is 294 g/mol. The number of H-pyrrole nitrogens is 1. The van der Waals surface area contributed by atoms with Gasteiger partial charge in [-0.05, 0) is 18.6 Å². The molecule has 0 aliphatic carbocycles. The quantitative estimate of drug-likeness (QED) is 0.727. The molecular weight excluding hydrogens is 280 g/mol. The highest BCUT2D eigenvalue weighted by atomic mass is 16.2. The molecule has 0 saturated carbocycles. The minimum absolute atomic E-state index is 0.0331. The third kappa shape index (κ3) is 2.16. The van der Waals surface area contributed by atoms with Crippen LogP contribution < -0.4 is 0 Å². The number of amides is 1. The van der Waals surface area contributed by atoms with Crippen molar-refractivity contribution in [3.8, 4) is 11.4 Å². The second-order valence-corrected chi connectivity index (χ2v) is 5.15. The van der Waals surface area contributed by atoms with E-state index in [1.807, 2.05) is 28.8 Å². The molecule has 0 fully saturated rings. The first-order chi connectivity index (χ1) is 10.8. The zero-order valence-corrected chi connectivity index (χ0v) is 11.8. The highest BCUT2D eigenvalue weighted by Gasteiger charge is 2.19. The van der Waals surface area contributed by atoms with Crippen LogP contribution in [0.3, 0.4) is 0 Å². The number of fused-ring (bicyclic) bond motifs is 1. The molecule has 3 aromatic rings. The minimum Gasteiger partial charge on any atom is -0.333 e. The number of carbonyl (C=O) groups is 1. The van der Waals surface area contributed by atoms with Gasteiger partial charge < -0.3 is 9.30 Å². The summed E-state index contributed by atoms with van der Waals surface area (Å²) in [4.78, 5) is 22.8. The van der Waals surface area contributed by atoms with Crippen LogP contribution in [0, 0.1) is 0 Å². The Morgan fingerprint density at radius 1 is 1.23 bits per heavy atom. The van der Waals surface area contributed by atoms with Crippen molar-refractivity contribution in [2.75, 3.05) is 13.1 Å². The van der Waals surface area contributed by atoms with Gasteiger partial charge >= 0.3 is 0 Å². The summed E-state index contributed by atoms with van der Waals surface area (Å²) in [5.74, 6) is 0.652. The zero-order chi connectivity index (χ0) is 14.9. The predicted molar refractivity (Wildman–Crippen MR) is 80.2 cm³/mol. The molecule has 0 atom stereocenters. The Morgan fingerprint density at radius 3 is 2.95 bits per heavy atom. The van der Waals surface area contributed by atoms with E-state index in [4.69, 9.17) is 0 Å². The van der Waals surface area contributed by atoms with E-state index in [1.54, 1.807) is 11.1 Å². The Balaban J connectivity index is 1.68. The molecule has 1 N–H and O–H groups in total. The Hall–Kier alpha value is -2.96. The molecule has 0 aromatic carbocycles. The first-order valence-corrected chi connectivity index (χ1v) is 7.10. The number of nitrogens with zero attached hydrogens (tertiary/aromatic N) is 5. The number of hydrogen-bond donors (Lipinski definition) is 1. The summed E-state index contributed by atoms with van der Waals surface area (Å²) in [5, 5.41) is 6.67. The Kier molecular flexibility index (Phi) is 2.96. The van der Waals surface area contributed by atoms with Gasteiger partial charge in [-0.15, -0.1) is 0 Å². The van der Waals surface area contributed by atoms with Gasteiger partial charge in [0, 0.05) is 31.0 Å². The van der Waals surface area contributed by atoms with Gasteiger partial charge in [-0.2, -0.15) is 5.10 Å². The standard InChI is InChI=1S/C15H14N6O/c22-15(20-6-2-1-3-7-20)12-9-21-8-11(4-5-13(21)18-12)14-16-10-17-19-14/h1-2,4-5,8-10H,3,6-7H2,(H,16,17,19). The molecule has 3 aromatic heterocycles. The molecule has 0 unspecified atom stereocenters. The number of nitrogens with one attached hydrogen (secondary N) is 1. The predicted octanol–water partition coefficient (Wildman–Crippen LogP) is 1.52. The van der Waals surface area contributed by atoms with Crippen LogP contribution in [0.1, 0.15) is 16.9 Å². The third-order valence-electron chi connectivity index (χ3n) is 3.70. The normalized spacial score (nSPS) is 14.6. The van der Waals surface area contributed by atoms with E-state index in [-0.39, 0.29) is 5.91 Å². The van der Waals surface area contributed by atoms with Crippen molar-refractivity contribution in [3.05, 3.63) is 48.7 Å². The molecule has 110 valence electrons. The van der Waals surface area contributed by atoms with Gasteiger partial charge in [0.15, 0.2) is 5.82 Å². The van der Waals surface area contributed by atoms with E-state index in [9.17, 15) is 4.79 Å². The first-order valence-electron chi connectivity index (χ1n) is 7.10. The number of rotatable bonds is 2. The molecule has 7 nitrogen and oxygen atoms in total. The maximum absolute atomic E-state index is 12.5. The summed E-state index contributed by atoms with van der Waals surface area (Å²) < 4.78 is 1.84. The van der Waals surface area contributed by atoms with Gasteiger partial charge in [0.2, 0.25) is 0 Å². The highest BCUT2D eigenvalue weighted by Crippen LogP contribution is 2.16. The van der Waals surface area contributed by atoms with Gasteiger partial charge in [0.1, 0.15) is 17.7 Å². The molecule has 7 heteroatoms. The molecular formula is C15H14N6O. The maximum Gasteiger partial charge on any atom is 0.274 e. The second kappa shape index (κ2) is 5.10. The molecule has 1 aliphatic heterocycles. The Morgan fingerprint density at radius 2 is 2.18 bits per heavy atom. The minimum atomic E-state index is -0.0331. The topological polar surface area (TPSA) is 79.2 Å². The lowest BCUT2D eigenvalue weighted by atomic mass is 10.2. The fourth-order valence-electron chi connectivity index (χ4n) is 2.57. The molecule has 4 rings (SSSR count). The maximum atomic E-state index is 12.5. The summed E-state index contributed by atoms with van der Waals surface area (Å²) in [5.41, 5.74) is 2.09. The van der Waals surface area contributed by atoms with Gasteiger partial charge in [-0.3, -0.25) is 9.89 Å². The number of carbonyl (C=O) groups excluding carboxylic acids is 1. The van der Waals surface area contributed by atoms with E-state index >= 15 is 0 Å². The van der Waals surface area contributed by atoms with E-state index in [2.05, 4.69) is 26.2 Å². The van der Waals surface area contributed by atoms with Gasteiger partial charge in [0.25, 0.3) is 5.91 Å². The lowest BCUT2D eigenvalue weighted by Crippen LogP contribution is -2.33. The largest absolute Gasteiger partial charge is 0.333 e. The van der Waals surface area contributed by atoms with Crippen molar-refractivity contribution in [2.24, 2.45) is 0 Å². The number of imidazole rings is 1. The second-order valence-electron chi connectivity index (χ2n) is 5.15. The van der Waals surface area contributed by atoms with Crippen LogP contribution in [-0.2, 0) is 0 Å². The molecule has 1 aliphatic rings. The van der Waals surface area contributed by atoms with Crippen molar-refractivity contribution < 1.29 is 4.79 Å². The van der Waals surface area contributed by atoms with Crippen LogP contribution in [0.2, 0.25) is 0 Å². The number of aromatic nitrogens is 5. The van der Waals surface area contributed by atoms with Crippen molar-refractivity contribution in [1.29, 1.82) is 0 Å². The fourth-order valence-corrected chi connectivity index (χ4v) is 2.57. The van der Waals surface area contributed by atoms with E-state index in [1.165, 1.54) is 6.33 Å². The van der Waals surface area contributed by atoms with Crippen LogP contribution >= 0.6 is 0 Å². The Bertz CT molecular complexity index is 848. The fraction of sp³-hybridized carbons (Fsp3) is 0.200. The molecule has 22 heavy (non-hydrogen) atoms. The van der Waals surface area contributed by atoms with Crippen LogP contribution in [0.25, 0.3) is 17.0 Å². The lowest BCUT2D eigenvalue weighted by Gasteiger charge is -2.22. The van der Waals surface area contributed by atoms with Crippen LogP contribution in [0.15, 0.2) is 43.0 Å². The molecule has 1 amide bonds. The molecule has 0 saturated heterocycles. The van der Waals surface area contributed by atoms with E-state index < -0.39 is 0 Å². The molecule has 0 spiro atoms. The zero-order valence-electron chi connectivity index (χ0n) is 11.8. The van der Waals surface area contributed by atoms with Crippen LogP contribution in [0.4, 0.5) is 0 Å². The summed E-state index contributed by atoms with van der Waals surface area (Å²) >= 11 is 0. The number of hydrogen-bond acceptors (Lipinski definition) is 4.